The Hall–Kier alpha value is -2.73. The highest BCUT2D eigenvalue weighted by Gasteiger charge is 2.29. The highest BCUT2D eigenvalue weighted by molar-refractivity contribution is 8.18. The van der Waals surface area contributed by atoms with E-state index in [0.717, 1.165) is 42.7 Å². The van der Waals surface area contributed by atoms with Crippen LogP contribution in [0.2, 0.25) is 0 Å². The second-order valence-corrected chi connectivity index (χ2v) is 8.78. The number of nitrogens with zero attached hydrogens (tertiary/aromatic N) is 3. The molecule has 2 heterocycles. The number of para-hydroxylation sites is 2. The summed E-state index contributed by atoms with van der Waals surface area (Å²) in [6.45, 7) is 9.69. The zero-order valence-corrected chi connectivity index (χ0v) is 18.5. The lowest BCUT2D eigenvalue weighted by atomic mass is 10.1. The Morgan fingerprint density at radius 3 is 2.40 bits per heavy atom. The number of piperazine rings is 1. The molecule has 0 N–H and O–H groups in total. The molecular formula is C24H27N3O2S. The van der Waals surface area contributed by atoms with Crippen molar-refractivity contribution in [3.8, 4) is 5.75 Å². The predicted molar refractivity (Wildman–Crippen MR) is 125 cm³/mol. The minimum atomic E-state index is -0.171. The fourth-order valence-electron chi connectivity index (χ4n) is 3.69. The molecule has 2 aromatic carbocycles. The van der Waals surface area contributed by atoms with Gasteiger partial charge in [0.05, 0.1) is 11.0 Å². The third kappa shape index (κ3) is 4.54. The number of amides is 1. The summed E-state index contributed by atoms with van der Waals surface area (Å²) in [5, 5.41) is 0.804. The van der Waals surface area contributed by atoms with Crippen LogP contribution in [0.4, 0.5) is 5.69 Å². The number of anilines is 1. The first kappa shape index (κ1) is 20.5. The molecule has 6 heteroatoms. The molecule has 0 unspecified atom stereocenters. The lowest BCUT2D eigenvalue weighted by Gasteiger charge is -2.37. The summed E-state index contributed by atoms with van der Waals surface area (Å²) in [6.07, 6.45) is 1.97. The molecule has 1 saturated heterocycles. The number of aryl methyl sites for hydroxylation is 1. The van der Waals surface area contributed by atoms with Gasteiger partial charge in [-0.25, -0.2) is 0 Å². The Kier molecular flexibility index (Phi) is 6.13. The van der Waals surface area contributed by atoms with Crippen LogP contribution >= 0.6 is 11.8 Å². The molecule has 30 heavy (non-hydrogen) atoms. The number of ether oxygens (including phenoxy) is 1. The number of benzene rings is 2. The summed E-state index contributed by atoms with van der Waals surface area (Å²) in [7, 11) is 0. The molecule has 2 aliphatic heterocycles. The van der Waals surface area contributed by atoms with Crippen LogP contribution in [0.15, 0.2) is 58.4 Å². The van der Waals surface area contributed by atoms with Gasteiger partial charge in [-0.1, -0.05) is 36.4 Å². The van der Waals surface area contributed by atoms with E-state index in [9.17, 15) is 4.79 Å². The van der Waals surface area contributed by atoms with Crippen molar-refractivity contribution in [2.75, 3.05) is 31.1 Å². The van der Waals surface area contributed by atoms with Gasteiger partial charge in [0.15, 0.2) is 5.17 Å². The quantitative estimate of drug-likeness (QED) is 0.677. The Morgan fingerprint density at radius 2 is 1.67 bits per heavy atom. The molecular weight excluding hydrogens is 394 g/mol. The Bertz CT molecular complexity index is 991. The SMILES string of the molecule is Cc1ccccc1N1CCN(C2=NC(=O)/C(=C/c3ccccc3OC(C)C)S2)CC1. The first-order chi connectivity index (χ1) is 14.5. The van der Waals surface area contributed by atoms with Gasteiger partial charge in [-0.2, -0.15) is 4.99 Å². The van der Waals surface area contributed by atoms with Crippen LogP contribution in [0.25, 0.3) is 6.08 Å². The van der Waals surface area contributed by atoms with Gasteiger partial charge in [-0.05, 0) is 56.3 Å². The van der Waals surface area contributed by atoms with Gasteiger partial charge in [0.25, 0.3) is 5.91 Å². The van der Waals surface area contributed by atoms with Crippen molar-refractivity contribution < 1.29 is 9.53 Å². The highest BCUT2D eigenvalue weighted by Crippen LogP contribution is 2.33. The Morgan fingerprint density at radius 1 is 1.00 bits per heavy atom. The van der Waals surface area contributed by atoms with Crippen molar-refractivity contribution in [3.05, 3.63) is 64.6 Å². The van der Waals surface area contributed by atoms with Gasteiger partial charge in [0, 0.05) is 37.4 Å². The van der Waals surface area contributed by atoms with E-state index < -0.39 is 0 Å². The summed E-state index contributed by atoms with van der Waals surface area (Å²) >= 11 is 1.46. The maximum atomic E-state index is 12.5. The summed E-state index contributed by atoms with van der Waals surface area (Å²) in [5.41, 5.74) is 3.49. The second-order valence-electron chi connectivity index (χ2n) is 7.78. The van der Waals surface area contributed by atoms with E-state index in [4.69, 9.17) is 4.74 Å². The summed E-state index contributed by atoms with van der Waals surface area (Å²) < 4.78 is 5.88. The van der Waals surface area contributed by atoms with E-state index in [0.29, 0.717) is 4.91 Å². The van der Waals surface area contributed by atoms with Crippen LogP contribution in [0.5, 0.6) is 5.75 Å². The minimum absolute atomic E-state index is 0.0767. The molecule has 4 rings (SSSR count). The number of aliphatic imine (C=N–C) groups is 1. The maximum absolute atomic E-state index is 12.5. The normalized spacial score (nSPS) is 18.3. The Balaban J connectivity index is 1.43. The summed E-state index contributed by atoms with van der Waals surface area (Å²) in [4.78, 5) is 22.1. The van der Waals surface area contributed by atoms with Crippen molar-refractivity contribution in [3.63, 3.8) is 0 Å². The van der Waals surface area contributed by atoms with Crippen LogP contribution < -0.4 is 9.64 Å². The number of rotatable bonds is 4. The molecule has 0 aromatic heterocycles. The molecule has 0 bridgehead atoms. The van der Waals surface area contributed by atoms with E-state index in [1.807, 2.05) is 44.2 Å². The van der Waals surface area contributed by atoms with Crippen LogP contribution in [0.1, 0.15) is 25.0 Å². The zero-order valence-electron chi connectivity index (χ0n) is 17.7. The molecule has 2 aliphatic rings. The molecule has 0 aliphatic carbocycles. The number of carbonyl (C=O) groups is 1. The topological polar surface area (TPSA) is 45.1 Å². The summed E-state index contributed by atoms with van der Waals surface area (Å²) in [6, 6.07) is 16.3. The monoisotopic (exact) mass is 421 g/mol. The second kappa shape index (κ2) is 8.96. The third-order valence-electron chi connectivity index (χ3n) is 5.18. The van der Waals surface area contributed by atoms with Crippen molar-refractivity contribution in [1.82, 2.24) is 4.90 Å². The molecule has 0 saturated carbocycles. The molecule has 5 nitrogen and oxygen atoms in total. The number of hydrogen-bond donors (Lipinski definition) is 0. The molecule has 1 fully saturated rings. The number of thioether (sulfide) groups is 1. The predicted octanol–water partition coefficient (Wildman–Crippen LogP) is 4.57. The minimum Gasteiger partial charge on any atom is -0.490 e. The third-order valence-corrected chi connectivity index (χ3v) is 6.23. The average Bonchev–Trinajstić information content (AvgIpc) is 3.10. The molecule has 156 valence electrons. The van der Waals surface area contributed by atoms with E-state index in [2.05, 4.69) is 46.0 Å². The first-order valence-electron chi connectivity index (χ1n) is 10.3. The van der Waals surface area contributed by atoms with Crippen LogP contribution in [-0.2, 0) is 4.79 Å². The maximum Gasteiger partial charge on any atom is 0.286 e. The standard InChI is InChI=1S/C24H27N3O2S/c1-17(2)29-21-11-7-5-9-19(21)16-22-23(28)25-24(30-22)27-14-12-26(13-15-27)20-10-6-4-8-18(20)3/h4-11,16-17H,12-15H2,1-3H3/b22-16-. The molecule has 1 amide bonds. The van der Waals surface area contributed by atoms with Crippen molar-refractivity contribution >= 4 is 34.6 Å². The Labute approximate surface area is 182 Å². The van der Waals surface area contributed by atoms with E-state index in [-0.39, 0.29) is 12.0 Å². The zero-order chi connectivity index (χ0) is 21.1. The van der Waals surface area contributed by atoms with Gasteiger partial charge in [-0.15, -0.1) is 0 Å². The first-order valence-corrected chi connectivity index (χ1v) is 11.2. The van der Waals surface area contributed by atoms with Gasteiger partial charge < -0.3 is 14.5 Å². The lowest BCUT2D eigenvalue weighted by molar-refractivity contribution is -0.113. The fourth-order valence-corrected chi connectivity index (χ4v) is 4.65. The molecule has 0 spiro atoms. The van der Waals surface area contributed by atoms with Crippen molar-refractivity contribution in [2.45, 2.75) is 26.9 Å². The van der Waals surface area contributed by atoms with Crippen molar-refractivity contribution in [1.29, 1.82) is 0 Å². The number of carbonyl (C=O) groups excluding carboxylic acids is 1. The van der Waals surface area contributed by atoms with Gasteiger partial charge in [0.2, 0.25) is 0 Å². The van der Waals surface area contributed by atoms with Crippen LogP contribution in [0.3, 0.4) is 0 Å². The fraction of sp³-hybridized carbons (Fsp3) is 0.333. The molecule has 0 radical (unpaired) electrons. The smallest absolute Gasteiger partial charge is 0.286 e. The van der Waals surface area contributed by atoms with Crippen molar-refractivity contribution in [2.24, 2.45) is 4.99 Å². The molecule has 0 atom stereocenters. The number of amidine groups is 1. The van der Waals surface area contributed by atoms with Gasteiger partial charge in [-0.3, -0.25) is 4.79 Å². The van der Waals surface area contributed by atoms with Gasteiger partial charge >= 0.3 is 0 Å². The van der Waals surface area contributed by atoms with Crippen LogP contribution in [0, 0.1) is 6.92 Å². The van der Waals surface area contributed by atoms with Crippen LogP contribution in [-0.4, -0.2) is 48.3 Å². The average molecular weight is 422 g/mol. The van der Waals surface area contributed by atoms with E-state index in [1.54, 1.807) is 0 Å². The largest absolute Gasteiger partial charge is 0.490 e. The highest BCUT2D eigenvalue weighted by atomic mass is 32.2. The van der Waals surface area contributed by atoms with E-state index in [1.165, 1.54) is 23.0 Å². The molecule has 2 aromatic rings. The van der Waals surface area contributed by atoms with Gasteiger partial charge in [0.1, 0.15) is 5.75 Å². The lowest BCUT2D eigenvalue weighted by Crippen LogP contribution is -2.48. The summed E-state index contributed by atoms with van der Waals surface area (Å²) in [5.74, 6) is 0.615. The number of hydrogen-bond acceptors (Lipinski definition) is 5. The van der Waals surface area contributed by atoms with E-state index >= 15 is 0 Å².